The van der Waals surface area contributed by atoms with Gasteiger partial charge in [0.25, 0.3) is 5.89 Å². The van der Waals surface area contributed by atoms with Gasteiger partial charge in [-0.2, -0.15) is 0 Å². The van der Waals surface area contributed by atoms with Gasteiger partial charge in [-0.3, -0.25) is 0 Å². The van der Waals surface area contributed by atoms with Crippen LogP contribution in [0.25, 0.3) is 0 Å². The van der Waals surface area contributed by atoms with Crippen molar-refractivity contribution < 1.29 is 9.15 Å². The summed E-state index contributed by atoms with van der Waals surface area (Å²) in [7, 11) is 0. The molecule has 0 bridgehead atoms. The number of hydrogen-bond acceptors (Lipinski definition) is 4. The summed E-state index contributed by atoms with van der Waals surface area (Å²) in [6, 6.07) is 5.87. The van der Waals surface area contributed by atoms with Crippen LogP contribution in [-0.4, -0.2) is 10.2 Å². The molecule has 1 aromatic carbocycles. The van der Waals surface area contributed by atoms with Crippen LogP contribution in [0.3, 0.4) is 0 Å². The van der Waals surface area contributed by atoms with Gasteiger partial charge in [0.1, 0.15) is 5.75 Å². The second-order valence-electron chi connectivity index (χ2n) is 3.41. The van der Waals surface area contributed by atoms with Crippen LogP contribution in [0.5, 0.6) is 5.75 Å². The zero-order valence-corrected chi connectivity index (χ0v) is 10.6. The minimum Gasteiger partial charge on any atom is -0.483 e. The molecule has 2 rings (SSSR count). The van der Waals surface area contributed by atoms with E-state index in [0.717, 1.165) is 15.8 Å². The average molecular weight is 283 g/mol. The SMILES string of the molecule is Cc1nnc(COc2cc(Br)ccc2C)o1. The molecule has 2 aromatic rings. The molecule has 1 heterocycles. The van der Waals surface area contributed by atoms with Crippen molar-refractivity contribution in [2.24, 2.45) is 0 Å². The normalized spacial score (nSPS) is 10.4. The molecule has 0 atom stereocenters. The maximum atomic E-state index is 5.59. The van der Waals surface area contributed by atoms with E-state index in [1.807, 2.05) is 25.1 Å². The van der Waals surface area contributed by atoms with E-state index >= 15 is 0 Å². The fourth-order valence-corrected chi connectivity index (χ4v) is 1.60. The highest BCUT2D eigenvalue weighted by molar-refractivity contribution is 9.10. The molecule has 0 aliphatic heterocycles. The van der Waals surface area contributed by atoms with Gasteiger partial charge in [0.05, 0.1) is 0 Å². The molecule has 5 heteroatoms. The number of nitrogens with zero attached hydrogens (tertiary/aromatic N) is 2. The number of rotatable bonds is 3. The van der Waals surface area contributed by atoms with Crippen molar-refractivity contribution >= 4 is 15.9 Å². The molecular formula is C11H11BrN2O2. The van der Waals surface area contributed by atoms with Crippen molar-refractivity contribution in [2.45, 2.75) is 20.5 Å². The molecule has 0 unspecified atom stereocenters. The third kappa shape index (κ3) is 2.61. The first-order chi connectivity index (χ1) is 7.65. The Balaban J connectivity index is 2.07. The predicted octanol–water partition coefficient (Wildman–Crippen LogP) is 3.03. The van der Waals surface area contributed by atoms with Crippen molar-refractivity contribution in [1.29, 1.82) is 0 Å². The Labute approximate surface area is 102 Å². The van der Waals surface area contributed by atoms with Crippen LogP contribution in [-0.2, 0) is 6.61 Å². The summed E-state index contributed by atoms with van der Waals surface area (Å²) < 4.78 is 11.8. The first-order valence-electron chi connectivity index (χ1n) is 4.83. The largest absolute Gasteiger partial charge is 0.483 e. The van der Waals surface area contributed by atoms with Gasteiger partial charge in [0.15, 0.2) is 6.61 Å². The quantitative estimate of drug-likeness (QED) is 0.868. The lowest BCUT2D eigenvalue weighted by molar-refractivity contribution is 0.259. The van der Waals surface area contributed by atoms with E-state index < -0.39 is 0 Å². The van der Waals surface area contributed by atoms with Crippen molar-refractivity contribution in [3.63, 3.8) is 0 Å². The highest BCUT2D eigenvalue weighted by Gasteiger charge is 2.05. The molecule has 0 aliphatic rings. The molecule has 0 N–H and O–H groups in total. The molecule has 1 aromatic heterocycles. The molecule has 0 fully saturated rings. The summed E-state index contributed by atoms with van der Waals surface area (Å²) in [5.41, 5.74) is 1.07. The van der Waals surface area contributed by atoms with Gasteiger partial charge < -0.3 is 9.15 Å². The lowest BCUT2D eigenvalue weighted by atomic mass is 10.2. The van der Waals surface area contributed by atoms with Crippen molar-refractivity contribution in [1.82, 2.24) is 10.2 Å². The molecule has 0 saturated heterocycles. The number of ether oxygens (including phenoxy) is 1. The van der Waals surface area contributed by atoms with E-state index in [2.05, 4.69) is 26.1 Å². The topological polar surface area (TPSA) is 48.2 Å². The second-order valence-corrected chi connectivity index (χ2v) is 4.33. The van der Waals surface area contributed by atoms with E-state index in [4.69, 9.17) is 9.15 Å². The van der Waals surface area contributed by atoms with Gasteiger partial charge in [-0.15, -0.1) is 10.2 Å². The Kier molecular flexibility index (Phi) is 3.24. The summed E-state index contributed by atoms with van der Waals surface area (Å²) in [6.07, 6.45) is 0. The van der Waals surface area contributed by atoms with Crippen molar-refractivity contribution in [2.75, 3.05) is 0 Å². The maximum Gasteiger partial charge on any atom is 0.253 e. The lowest BCUT2D eigenvalue weighted by Gasteiger charge is -2.06. The molecule has 0 spiro atoms. The third-order valence-corrected chi connectivity index (χ3v) is 2.56. The van der Waals surface area contributed by atoms with E-state index in [1.165, 1.54) is 0 Å². The van der Waals surface area contributed by atoms with Crippen molar-refractivity contribution in [3.05, 3.63) is 40.0 Å². The Hall–Kier alpha value is -1.36. The van der Waals surface area contributed by atoms with E-state index in [9.17, 15) is 0 Å². The fourth-order valence-electron chi connectivity index (χ4n) is 1.26. The smallest absolute Gasteiger partial charge is 0.253 e. The summed E-state index contributed by atoms with van der Waals surface area (Å²) in [4.78, 5) is 0. The Bertz CT molecular complexity index is 496. The molecule has 0 amide bonds. The van der Waals surface area contributed by atoms with E-state index in [0.29, 0.717) is 11.8 Å². The van der Waals surface area contributed by atoms with Crippen molar-refractivity contribution in [3.8, 4) is 5.75 Å². The number of halogens is 1. The summed E-state index contributed by atoms with van der Waals surface area (Å²) in [5, 5.41) is 7.59. The molecule has 4 nitrogen and oxygen atoms in total. The number of aromatic nitrogens is 2. The highest BCUT2D eigenvalue weighted by Crippen LogP contribution is 2.23. The molecule has 16 heavy (non-hydrogen) atoms. The van der Waals surface area contributed by atoms with Gasteiger partial charge in [-0.05, 0) is 24.6 Å². The van der Waals surface area contributed by atoms with Crippen LogP contribution < -0.4 is 4.74 Å². The molecule has 84 valence electrons. The number of aryl methyl sites for hydroxylation is 2. The molecule has 0 saturated carbocycles. The fraction of sp³-hybridized carbons (Fsp3) is 0.273. The Morgan fingerprint density at radius 1 is 1.31 bits per heavy atom. The summed E-state index contributed by atoms with van der Waals surface area (Å²) in [5.74, 6) is 1.84. The van der Waals surface area contributed by atoms with Crippen LogP contribution >= 0.6 is 15.9 Å². The standard InChI is InChI=1S/C11H11BrN2O2/c1-7-3-4-9(12)5-10(7)15-6-11-14-13-8(2)16-11/h3-5H,6H2,1-2H3. The second kappa shape index (κ2) is 4.65. The van der Waals surface area contributed by atoms with Crippen LogP contribution in [0.4, 0.5) is 0 Å². The van der Waals surface area contributed by atoms with Gasteiger partial charge in [0.2, 0.25) is 5.89 Å². The third-order valence-electron chi connectivity index (χ3n) is 2.07. The zero-order valence-electron chi connectivity index (χ0n) is 9.03. The van der Waals surface area contributed by atoms with Crippen LogP contribution in [0, 0.1) is 13.8 Å². The number of benzene rings is 1. The van der Waals surface area contributed by atoms with E-state index in [1.54, 1.807) is 6.92 Å². The Morgan fingerprint density at radius 3 is 2.81 bits per heavy atom. The number of hydrogen-bond donors (Lipinski definition) is 0. The van der Waals surface area contributed by atoms with Gasteiger partial charge in [0, 0.05) is 11.4 Å². The van der Waals surface area contributed by atoms with Gasteiger partial charge in [-0.25, -0.2) is 0 Å². The lowest BCUT2D eigenvalue weighted by Crippen LogP contribution is -1.97. The molecule has 0 aliphatic carbocycles. The minimum absolute atomic E-state index is 0.290. The predicted molar refractivity (Wildman–Crippen MR) is 62.2 cm³/mol. The minimum atomic E-state index is 0.290. The first-order valence-corrected chi connectivity index (χ1v) is 5.62. The summed E-state index contributed by atoms with van der Waals surface area (Å²) >= 11 is 3.40. The summed E-state index contributed by atoms with van der Waals surface area (Å²) in [6.45, 7) is 4.03. The first kappa shape index (κ1) is 11.1. The van der Waals surface area contributed by atoms with E-state index in [-0.39, 0.29) is 6.61 Å². The highest BCUT2D eigenvalue weighted by atomic mass is 79.9. The monoisotopic (exact) mass is 282 g/mol. The van der Waals surface area contributed by atoms with Gasteiger partial charge >= 0.3 is 0 Å². The average Bonchev–Trinajstić information content (AvgIpc) is 2.66. The van der Waals surface area contributed by atoms with Crippen LogP contribution in [0.15, 0.2) is 27.1 Å². The maximum absolute atomic E-state index is 5.59. The molecular weight excluding hydrogens is 272 g/mol. The molecule has 0 radical (unpaired) electrons. The Morgan fingerprint density at radius 2 is 2.12 bits per heavy atom. The van der Waals surface area contributed by atoms with Crippen LogP contribution in [0.1, 0.15) is 17.3 Å². The van der Waals surface area contributed by atoms with Crippen LogP contribution in [0.2, 0.25) is 0 Å². The van der Waals surface area contributed by atoms with Gasteiger partial charge in [-0.1, -0.05) is 22.0 Å². The zero-order chi connectivity index (χ0) is 11.5.